The van der Waals surface area contributed by atoms with Crippen LogP contribution in [0.5, 0.6) is 0 Å². The molecule has 1 unspecified atom stereocenters. The maximum absolute atomic E-state index is 12.7. The van der Waals surface area contributed by atoms with Gasteiger partial charge in [-0.25, -0.2) is 0 Å². The van der Waals surface area contributed by atoms with Crippen molar-refractivity contribution in [2.45, 2.75) is 219 Å². The highest BCUT2D eigenvalue weighted by Crippen LogP contribution is 2.11. The van der Waals surface area contributed by atoms with Gasteiger partial charge in [0.2, 0.25) is 0 Å². The van der Waals surface area contributed by atoms with E-state index in [1.54, 1.807) is 0 Å². The fourth-order valence-electron chi connectivity index (χ4n) is 7.00. The Bertz CT molecular complexity index is 1720. The Labute approximate surface area is 447 Å². The molecule has 0 aromatic carbocycles. The topological polar surface area (TPSA) is 78.9 Å². The molecule has 0 aromatic rings. The third-order valence-electron chi connectivity index (χ3n) is 11.2. The normalized spacial score (nSPS) is 13.4. The fraction of sp³-hybridized carbons (Fsp3) is 0.537. The van der Waals surface area contributed by atoms with Crippen molar-refractivity contribution < 1.29 is 28.6 Å². The van der Waals surface area contributed by atoms with Crippen LogP contribution in [0, 0.1) is 0 Å². The van der Waals surface area contributed by atoms with Gasteiger partial charge in [0.05, 0.1) is 0 Å². The van der Waals surface area contributed by atoms with Crippen molar-refractivity contribution in [3.05, 3.63) is 170 Å². The molecule has 6 nitrogen and oxygen atoms in total. The van der Waals surface area contributed by atoms with Gasteiger partial charge < -0.3 is 14.2 Å². The van der Waals surface area contributed by atoms with Crippen molar-refractivity contribution >= 4 is 17.9 Å². The Morgan fingerprint density at radius 3 is 0.877 bits per heavy atom. The summed E-state index contributed by atoms with van der Waals surface area (Å²) in [5, 5.41) is 0. The summed E-state index contributed by atoms with van der Waals surface area (Å²) < 4.78 is 16.6. The van der Waals surface area contributed by atoms with E-state index < -0.39 is 6.10 Å². The van der Waals surface area contributed by atoms with Gasteiger partial charge in [0, 0.05) is 19.3 Å². The van der Waals surface area contributed by atoms with E-state index in [0.717, 1.165) is 167 Å². The van der Waals surface area contributed by atoms with E-state index in [2.05, 4.69) is 191 Å². The highest BCUT2D eigenvalue weighted by Gasteiger charge is 2.19. The van der Waals surface area contributed by atoms with Crippen LogP contribution < -0.4 is 0 Å². The zero-order chi connectivity index (χ0) is 52.9. The minimum absolute atomic E-state index is 0.115. The predicted octanol–water partition coefficient (Wildman–Crippen LogP) is 19.5. The van der Waals surface area contributed by atoms with E-state index in [1.807, 2.05) is 0 Å². The zero-order valence-corrected chi connectivity index (χ0v) is 46.3. The maximum atomic E-state index is 12.7. The molecule has 0 aliphatic carbocycles. The van der Waals surface area contributed by atoms with Crippen LogP contribution in [0.3, 0.4) is 0 Å². The van der Waals surface area contributed by atoms with E-state index in [-0.39, 0.29) is 37.5 Å². The lowest BCUT2D eigenvalue weighted by atomic mass is 10.1. The summed E-state index contributed by atoms with van der Waals surface area (Å²) in [5.41, 5.74) is 0. The van der Waals surface area contributed by atoms with E-state index in [0.29, 0.717) is 19.3 Å². The van der Waals surface area contributed by atoms with Crippen LogP contribution in [-0.4, -0.2) is 37.2 Å². The third kappa shape index (κ3) is 57.5. The summed E-state index contributed by atoms with van der Waals surface area (Å²) in [5.74, 6) is -1.02. The second kappa shape index (κ2) is 59.3. The van der Waals surface area contributed by atoms with Crippen molar-refractivity contribution in [3.63, 3.8) is 0 Å². The number of carbonyl (C=O) groups excluding carboxylic acids is 3. The van der Waals surface area contributed by atoms with Crippen LogP contribution in [-0.2, 0) is 28.6 Å². The Hall–Kier alpha value is -5.23. The molecule has 0 aliphatic rings. The minimum atomic E-state index is -0.820. The minimum Gasteiger partial charge on any atom is -0.462 e. The molecule has 0 N–H and O–H groups in total. The molecule has 0 radical (unpaired) electrons. The summed E-state index contributed by atoms with van der Waals surface area (Å²) in [6.45, 7) is 6.23. The number of unbranched alkanes of at least 4 members (excludes halogenated alkanes) is 10. The number of carbonyl (C=O) groups is 3. The lowest BCUT2D eigenvalue weighted by Gasteiger charge is -2.18. The molecular weight excluding hydrogens is 901 g/mol. The molecular formula is C67H102O6. The molecule has 406 valence electrons. The Kier molecular flexibility index (Phi) is 55.1. The quantitative estimate of drug-likeness (QED) is 0.0261. The number of ether oxygens (including phenoxy) is 3. The van der Waals surface area contributed by atoms with Crippen LogP contribution in [0.4, 0.5) is 0 Å². The van der Waals surface area contributed by atoms with Gasteiger partial charge >= 0.3 is 17.9 Å². The van der Waals surface area contributed by atoms with Gasteiger partial charge in [-0.1, -0.05) is 236 Å². The average Bonchev–Trinajstić information content (AvgIpc) is 3.39. The molecule has 73 heavy (non-hydrogen) atoms. The van der Waals surface area contributed by atoms with Crippen molar-refractivity contribution in [1.82, 2.24) is 0 Å². The van der Waals surface area contributed by atoms with Crippen LogP contribution in [0.15, 0.2) is 170 Å². The number of esters is 3. The van der Waals surface area contributed by atoms with Crippen molar-refractivity contribution in [2.75, 3.05) is 13.2 Å². The smallest absolute Gasteiger partial charge is 0.306 e. The first-order valence-corrected chi connectivity index (χ1v) is 28.6. The summed E-state index contributed by atoms with van der Waals surface area (Å²) in [6, 6.07) is 0. The number of hydrogen-bond donors (Lipinski definition) is 0. The standard InChI is InChI=1S/C67H102O6/c1-4-7-10-13-15-17-19-21-23-25-26-27-28-29-30-31-32-33-34-35-36-37-38-39-40-42-43-45-47-49-51-54-57-60-66(69)72-63-64(62-71-65(68)59-56-53-12-9-6-3)73-67(70)61-58-55-52-50-48-46-44-41-24-22-20-18-16-14-11-8-5-2/h7-8,10-11,15-18,21-24,26-27,29-30,32-33,35-36,38-39,42-44,46,50,52,64H,4-6,9,12-14,19-20,25,28,31,34,37,40-41,45,47-49,51,53-63H2,1-3H3/b10-7-,11-8-,17-15-,18-16-,23-21-,24-22-,27-26-,30-29-,33-32-,36-35-,39-38-,43-42-,46-44-,52-50-. The summed E-state index contributed by atoms with van der Waals surface area (Å²) >= 11 is 0. The molecule has 0 saturated heterocycles. The van der Waals surface area contributed by atoms with Crippen molar-refractivity contribution in [3.8, 4) is 0 Å². The fourth-order valence-corrected chi connectivity index (χ4v) is 7.00. The van der Waals surface area contributed by atoms with Crippen LogP contribution >= 0.6 is 0 Å². The zero-order valence-electron chi connectivity index (χ0n) is 46.3. The maximum Gasteiger partial charge on any atom is 0.306 e. The Balaban J connectivity index is 4.22. The highest BCUT2D eigenvalue weighted by atomic mass is 16.6. The largest absolute Gasteiger partial charge is 0.462 e. The molecule has 0 bridgehead atoms. The summed E-state index contributed by atoms with van der Waals surface area (Å²) in [4.78, 5) is 37.7. The number of hydrogen-bond acceptors (Lipinski definition) is 6. The van der Waals surface area contributed by atoms with Gasteiger partial charge in [0.1, 0.15) is 13.2 Å². The van der Waals surface area contributed by atoms with E-state index >= 15 is 0 Å². The molecule has 0 amide bonds. The summed E-state index contributed by atoms with van der Waals surface area (Å²) in [6.07, 6.45) is 88.3. The average molecular weight is 1000 g/mol. The molecule has 0 aliphatic heterocycles. The number of allylic oxidation sites excluding steroid dienone is 28. The van der Waals surface area contributed by atoms with Crippen LogP contribution in [0.25, 0.3) is 0 Å². The Morgan fingerprint density at radius 1 is 0.288 bits per heavy atom. The van der Waals surface area contributed by atoms with Gasteiger partial charge in [0.15, 0.2) is 6.10 Å². The van der Waals surface area contributed by atoms with E-state index in [1.165, 1.54) is 0 Å². The third-order valence-corrected chi connectivity index (χ3v) is 11.2. The molecule has 0 aromatic heterocycles. The first kappa shape index (κ1) is 67.8. The second-order valence-corrected chi connectivity index (χ2v) is 18.1. The molecule has 0 spiro atoms. The molecule has 0 saturated carbocycles. The predicted molar refractivity (Wildman–Crippen MR) is 315 cm³/mol. The first-order valence-electron chi connectivity index (χ1n) is 28.6. The highest BCUT2D eigenvalue weighted by molar-refractivity contribution is 5.71. The van der Waals surface area contributed by atoms with E-state index in [9.17, 15) is 14.4 Å². The lowest BCUT2D eigenvalue weighted by molar-refractivity contribution is -0.167. The van der Waals surface area contributed by atoms with Gasteiger partial charge in [-0.2, -0.15) is 0 Å². The lowest BCUT2D eigenvalue weighted by Crippen LogP contribution is -2.30. The Morgan fingerprint density at radius 2 is 0.548 bits per heavy atom. The second-order valence-electron chi connectivity index (χ2n) is 18.1. The van der Waals surface area contributed by atoms with Gasteiger partial charge in [-0.15, -0.1) is 0 Å². The summed E-state index contributed by atoms with van der Waals surface area (Å²) in [7, 11) is 0. The monoisotopic (exact) mass is 1000 g/mol. The van der Waals surface area contributed by atoms with Gasteiger partial charge in [-0.05, 0) is 128 Å². The molecule has 1 atom stereocenters. The molecule has 6 heteroatoms. The van der Waals surface area contributed by atoms with Crippen molar-refractivity contribution in [2.24, 2.45) is 0 Å². The molecule has 0 heterocycles. The van der Waals surface area contributed by atoms with Gasteiger partial charge in [-0.3, -0.25) is 14.4 Å². The van der Waals surface area contributed by atoms with Crippen LogP contribution in [0.2, 0.25) is 0 Å². The van der Waals surface area contributed by atoms with E-state index in [4.69, 9.17) is 14.2 Å². The van der Waals surface area contributed by atoms with Gasteiger partial charge in [0.25, 0.3) is 0 Å². The van der Waals surface area contributed by atoms with Crippen LogP contribution in [0.1, 0.15) is 213 Å². The molecule has 0 fully saturated rings. The first-order chi connectivity index (χ1) is 36.0. The molecule has 0 rings (SSSR count). The van der Waals surface area contributed by atoms with Crippen molar-refractivity contribution in [1.29, 1.82) is 0 Å². The SMILES string of the molecule is CC/C=C\C/C=C\C/C=C\C/C=C\C/C=C\C/C=C\C/C=C\C/C=C\C/C=C\CCCCCCCC(=O)OCC(COC(=O)CCCCCCC)OC(=O)CCC/C=C\C/C=C\C/C=C\C/C=C\C/C=C\CC. The number of rotatable bonds is 49.